The summed E-state index contributed by atoms with van der Waals surface area (Å²) in [6.45, 7) is 8.16. The Kier molecular flexibility index (Phi) is 35.9. The van der Waals surface area contributed by atoms with Crippen LogP contribution in [0.25, 0.3) is 0 Å². The van der Waals surface area contributed by atoms with Crippen LogP contribution in [0.2, 0.25) is 0 Å². The van der Waals surface area contributed by atoms with Crippen molar-refractivity contribution in [2.45, 2.75) is 169 Å². The minimum Gasteiger partial charge on any atom is -0.481 e. The molecule has 37 heavy (non-hydrogen) atoms. The third kappa shape index (κ3) is 45.2. The molecule has 0 aromatic carbocycles. The Morgan fingerprint density at radius 3 is 0.838 bits per heavy atom. The van der Waals surface area contributed by atoms with Gasteiger partial charge in [-0.25, -0.2) is 0 Å². The zero-order valence-electron chi connectivity index (χ0n) is 25.1. The first-order valence-electron chi connectivity index (χ1n) is 15.3. The summed E-state index contributed by atoms with van der Waals surface area (Å²) in [6.07, 6.45) is 25.8. The third-order valence-corrected chi connectivity index (χ3v) is 6.34. The van der Waals surface area contributed by atoms with Gasteiger partial charge in [0.15, 0.2) is 0 Å². The molecule has 0 radical (unpaired) electrons. The molecule has 0 aliphatic rings. The molecular weight excluding hydrogens is 468 g/mol. The molecule has 0 aliphatic carbocycles. The van der Waals surface area contributed by atoms with Crippen LogP contribution in [-0.2, 0) is 9.59 Å². The van der Waals surface area contributed by atoms with E-state index in [0.29, 0.717) is 12.8 Å². The summed E-state index contributed by atoms with van der Waals surface area (Å²) in [5.74, 6) is -1.32. The molecule has 4 N–H and O–H groups in total. The number of aliphatic hydroxyl groups is 2. The number of carboxylic acids is 2. The van der Waals surface area contributed by atoms with E-state index in [4.69, 9.17) is 20.4 Å². The van der Waals surface area contributed by atoms with Gasteiger partial charge in [0.2, 0.25) is 0 Å². The van der Waals surface area contributed by atoms with Crippen LogP contribution < -0.4 is 0 Å². The summed E-state index contributed by atoms with van der Waals surface area (Å²) in [6, 6.07) is 0. The van der Waals surface area contributed by atoms with E-state index in [1.807, 2.05) is 0 Å². The second-order valence-electron chi connectivity index (χ2n) is 11.1. The Morgan fingerprint density at radius 1 is 0.459 bits per heavy atom. The van der Waals surface area contributed by atoms with Gasteiger partial charge >= 0.3 is 11.9 Å². The van der Waals surface area contributed by atoms with Crippen molar-refractivity contribution in [1.82, 2.24) is 0 Å². The molecule has 0 spiro atoms. The van der Waals surface area contributed by atoms with Crippen LogP contribution in [0.15, 0.2) is 0 Å². The van der Waals surface area contributed by atoms with Gasteiger partial charge in [-0.2, -0.15) is 0 Å². The molecule has 0 heterocycles. The van der Waals surface area contributed by atoms with Crippen molar-refractivity contribution in [2.75, 3.05) is 13.2 Å². The molecule has 6 heteroatoms. The number of carbonyl (C=O) groups is 2. The number of unbranched alkanes of at least 4 members (excludes halogenated alkanes) is 18. The van der Waals surface area contributed by atoms with Gasteiger partial charge in [-0.15, -0.1) is 0 Å². The van der Waals surface area contributed by atoms with E-state index in [2.05, 4.69) is 13.8 Å². The van der Waals surface area contributed by atoms with Crippen LogP contribution in [0.3, 0.4) is 0 Å². The quantitative estimate of drug-likeness (QED) is 0.0923. The van der Waals surface area contributed by atoms with E-state index in [0.717, 1.165) is 25.7 Å². The monoisotopic (exact) mass is 532 g/mol. The third-order valence-electron chi connectivity index (χ3n) is 6.34. The van der Waals surface area contributed by atoms with Gasteiger partial charge in [-0.3, -0.25) is 9.59 Å². The van der Waals surface area contributed by atoms with Crippen molar-refractivity contribution in [3.63, 3.8) is 0 Å². The molecule has 0 aromatic heterocycles. The SMILES string of the molecule is CC(C)(CO)CO.CCCCCCCCCCCCC(=O)O.CCCCCCCCCCCCC(=O)O. The lowest BCUT2D eigenvalue weighted by Gasteiger charge is -2.16. The molecule has 0 bridgehead atoms. The largest absolute Gasteiger partial charge is 0.481 e. The zero-order valence-corrected chi connectivity index (χ0v) is 25.1. The molecule has 0 rings (SSSR count). The molecule has 0 amide bonds. The molecule has 0 aliphatic heterocycles. The lowest BCUT2D eigenvalue weighted by atomic mass is 9.97. The van der Waals surface area contributed by atoms with Crippen LogP contribution >= 0.6 is 0 Å². The molecule has 0 aromatic rings. The Hall–Kier alpha value is -1.14. The second kappa shape index (κ2) is 32.9. The molecule has 0 saturated heterocycles. The highest BCUT2D eigenvalue weighted by Gasteiger charge is 2.13. The Bertz CT molecular complexity index is 425. The Labute approximate surface area is 229 Å². The van der Waals surface area contributed by atoms with E-state index in [1.165, 1.54) is 103 Å². The maximum absolute atomic E-state index is 10.2. The number of carboxylic acid groups (broad SMARTS) is 2. The number of hydrogen-bond donors (Lipinski definition) is 4. The summed E-state index contributed by atoms with van der Waals surface area (Å²) in [5, 5.41) is 33.7. The summed E-state index contributed by atoms with van der Waals surface area (Å²) in [4.78, 5) is 20.5. The minimum atomic E-state index is -0.658. The van der Waals surface area contributed by atoms with Crippen LogP contribution in [0, 0.1) is 5.41 Å². The van der Waals surface area contributed by atoms with E-state index in [-0.39, 0.29) is 18.6 Å². The number of aliphatic carboxylic acids is 2. The molecule has 0 fully saturated rings. The van der Waals surface area contributed by atoms with Crippen molar-refractivity contribution in [3.8, 4) is 0 Å². The maximum atomic E-state index is 10.2. The lowest BCUT2D eigenvalue weighted by Crippen LogP contribution is -2.20. The molecule has 0 saturated carbocycles. The molecule has 0 unspecified atom stereocenters. The standard InChI is InChI=1S/2C13H26O2.C5H12O2/c2*1-2-3-4-5-6-7-8-9-10-11-12-13(14)15;1-5(2,3-6)4-7/h2*2-12H2,1H3,(H,14,15);6-7H,3-4H2,1-2H3. The molecule has 6 nitrogen and oxygen atoms in total. The fourth-order valence-corrected chi connectivity index (χ4v) is 3.58. The predicted octanol–water partition coefficient (Wildman–Crippen LogP) is 8.76. The van der Waals surface area contributed by atoms with E-state index < -0.39 is 11.9 Å². The van der Waals surface area contributed by atoms with E-state index >= 15 is 0 Å². The van der Waals surface area contributed by atoms with Crippen molar-refractivity contribution in [3.05, 3.63) is 0 Å². The van der Waals surface area contributed by atoms with Crippen molar-refractivity contribution in [2.24, 2.45) is 5.41 Å². The highest BCUT2D eigenvalue weighted by atomic mass is 16.4. The smallest absolute Gasteiger partial charge is 0.303 e. The molecular formula is C31H64O6. The van der Waals surface area contributed by atoms with Gasteiger partial charge in [0.25, 0.3) is 0 Å². The van der Waals surface area contributed by atoms with Crippen LogP contribution in [0.1, 0.15) is 169 Å². The van der Waals surface area contributed by atoms with Gasteiger partial charge in [0, 0.05) is 18.3 Å². The average molecular weight is 533 g/mol. The lowest BCUT2D eigenvalue weighted by molar-refractivity contribution is -0.138. The average Bonchev–Trinajstić information content (AvgIpc) is 2.87. The fraction of sp³-hybridized carbons (Fsp3) is 0.935. The first-order valence-corrected chi connectivity index (χ1v) is 15.3. The van der Waals surface area contributed by atoms with Crippen molar-refractivity contribution >= 4 is 11.9 Å². The zero-order chi connectivity index (χ0) is 28.6. The summed E-state index contributed by atoms with van der Waals surface area (Å²) >= 11 is 0. The van der Waals surface area contributed by atoms with Gasteiger partial charge in [0.05, 0.1) is 13.2 Å². The van der Waals surface area contributed by atoms with E-state index in [1.54, 1.807) is 13.8 Å². The summed E-state index contributed by atoms with van der Waals surface area (Å²) < 4.78 is 0. The highest BCUT2D eigenvalue weighted by molar-refractivity contribution is 5.66. The number of aliphatic hydroxyl groups excluding tert-OH is 2. The highest BCUT2D eigenvalue weighted by Crippen LogP contribution is 2.12. The van der Waals surface area contributed by atoms with Gasteiger partial charge < -0.3 is 20.4 Å². The van der Waals surface area contributed by atoms with Gasteiger partial charge in [-0.05, 0) is 12.8 Å². The topological polar surface area (TPSA) is 115 Å². The van der Waals surface area contributed by atoms with Crippen LogP contribution in [0.4, 0.5) is 0 Å². The minimum absolute atomic E-state index is 0.0451. The van der Waals surface area contributed by atoms with Crippen LogP contribution in [0.5, 0.6) is 0 Å². The van der Waals surface area contributed by atoms with Crippen molar-refractivity contribution in [1.29, 1.82) is 0 Å². The van der Waals surface area contributed by atoms with E-state index in [9.17, 15) is 9.59 Å². The fourth-order valence-electron chi connectivity index (χ4n) is 3.58. The molecule has 0 atom stereocenters. The Balaban J connectivity index is -0.000000501. The predicted molar refractivity (Wildman–Crippen MR) is 156 cm³/mol. The normalized spacial score (nSPS) is 10.8. The number of rotatable bonds is 24. The van der Waals surface area contributed by atoms with Gasteiger partial charge in [0.1, 0.15) is 0 Å². The first kappa shape index (κ1) is 40.4. The van der Waals surface area contributed by atoms with Gasteiger partial charge in [-0.1, -0.05) is 143 Å². The van der Waals surface area contributed by atoms with Crippen molar-refractivity contribution < 1.29 is 30.0 Å². The summed E-state index contributed by atoms with van der Waals surface area (Å²) in [5.41, 5.74) is -0.306. The first-order chi connectivity index (χ1) is 17.7. The number of hydrogen-bond acceptors (Lipinski definition) is 4. The second-order valence-corrected chi connectivity index (χ2v) is 11.1. The maximum Gasteiger partial charge on any atom is 0.303 e. The summed E-state index contributed by atoms with van der Waals surface area (Å²) in [7, 11) is 0. The molecule has 224 valence electrons. The van der Waals surface area contributed by atoms with Crippen LogP contribution in [-0.4, -0.2) is 45.6 Å². The Morgan fingerprint density at radius 2 is 0.676 bits per heavy atom.